The van der Waals surface area contributed by atoms with E-state index in [2.05, 4.69) is 88.6 Å². The van der Waals surface area contributed by atoms with E-state index in [1.165, 1.54) is 20.1 Å². The van der Waals surface area contributed by atoms with Crippen LogP contribution in [0.15, 0.2) is 68.9 Å². The Hall–Kier alpha value is -0.330. The van der Waals surface area contributed by atoms with Crippen LogP contribution in [0.3, 0.4) is 0 Å². The summed E-state index contributed by atoms with van der Waals surface area (Å²) < 4.78 is 6.95. The molecule has 2 aromatic carbocycles. The Labute approximate surface area is 141 Å². The van der Waals surface area contributed by atoms with Gasteiger partial charge in [-0.1, -0.05) is 0 Å². The number of rotatable bonds is 4. The molecule has 0 heterocycles. The summed E-state index contributed by atoms with van der Waals surface area (Å²) >= 11 is 6.97. The van der Waals surface area contributed by atoms with Gasteiger partial charge in [0.2, 0.25) is 0 Å². The molecular formula is C16H12Br2Te. The zero-order valence-electron chi connectivity index (χ0n) is 10.1. The second-order valence-corrected chi connectivity index (χ2v) is 7.63. The van der Waals surface area contributed by atoms with E-state index in [1.54, 1.807) is 0 Å². The van der Waals surface area contributed by atoms with E-state index in [0.29, 0.717) is 0 Å². The summed E-state index contributed by atoms with van der Waals surface area (Å²) in [5.74, 6) is 0. The van der Waals surface area contributed by atoms with Gasteiger partial charge in [0.05, 0.1) is 0 Å². The number of hydrogen-bond acceptors (Lipinski definition) is 0. The van der Waals surface area contributed by atoms with Crippen LogP contribution >= 0.6 is 31.9 Å². The van der Waals surface area contributed by atoms with Crippen molar-refractivity contribution in [3.8, 4) is 0 Å². The Morgan fingerprint density at radius 1 is 0.684 bits per heavy atom. The van der Waals surface area contributed by atoms with Crippen LogP contribution in [-0.4, -0.2) is 20.9 Å². The fourth-order valence-electron chi connectivity index (χ4n) is 1.48. The predicted molar refractivity (Wildman–Crippen MR) is 92.4 cm³/mol. The summed E-state index contributed by atoms with van der Waals surface area (Å²) in [6, 6.07) is 20.8. The van der Waals surface area contributed by atoms with Crippen LogP contribution in [-0.2, 0) is 0 Å². The molecule has 0 aliphatic carbocycles. The molecule has 0 nitrogen and oxygen atoms in total. The quantitative estimate of drug-likeness (QED) is 0.497. The van der Waals surface area contributed by atoms with Gasteiger partial charge in [0, 0.05) is 0 Å². The monoisotopic (exact) mass is 492 g/mol. The van der Waals surface area contributed by atoms with Crippen molar-refractivity contribution >= 4 is 61.7 Å². The van der Waals surface area contributed by atoms with Crippen LogP contribution in [0.1, 0.15) is 11.1 Å². The van der Waals surface area contributed by atoms with Crippen molar-refractivity contribution in [2.24, 2.45) is 0 Å². The van der Waals surface area contributed by atoms with Crippen LogP contribution in [0.2, 0.25) is 0 Å². The van der Waals surface area contributed by atoms with Gasteiger partial charge in [0.25, 0.3) is 0 Å². The van der Waals surface area contributed by atoms with E-state index < -0.39 is 0 Å². The molecular weight excluding hydrogens is 480 g/mol. The van der Waals surface area contributed by atoms with E-state index >= 15 is 0 Å². The topological polar surface area (TPSA) is 0 Å². The van der Waals surface area contributed by atoms with Crippen LogP contribution in [0.4, 0.5) is 0 Å². The van der Waals surface area contributed by atoms with Crippen molar-refractivity contribution in [2.45, 2.75) is 0 Å². The maximum atomic E-state index is 3.64. The number of benzene rings is 2. The second-order valence-electron chi connectivity index (χ2n) is 3.80. The molecule has 0 aliphatic heterocycles. The van der Waals surface area contributed by atoms with Crippen molar-refractivity contribution in [3.05, 3.63) is 80.0 Å². The zero-order chi connectivity index (χ0) is 13.5. The molecule has 0 saturated carbocycles. The molecule has 0 atom stereocenters. The average molecular weight is 492 g/mol. The minimum atomic E-state index is -0.308. The van der Waals surface area contributed by atoms with Gasteiger partial charge < -0.3 is 0 Å². The molecule has 3 heteroatoms. The molecule has 0 bridgehead atoms. The summed E-state index contributed by atoms with van der Waals surface area (Å²) in [7, 11) is 0. The first kappa shape index (κ1) is 15.1. The maximum absolute atomic E-state index is 3.64. The summed E-state index contributed by atoms with van der Waals surface area (Å²) in [4.78, 5) is 0. The SMILES string of the molecule is BrC(=C[Te]C=C(Br)c1ccccc1)c1ccccc1. The number of halogens is 2. The van der Waals surface area contributed by atoms with E-state index in [1.807, 2.05) is 12.1 Å². The van der Waals surface area contributed by atoms with Gasteiger partial charge in [0.15, 0.2) is 0 Å². The Bertz CT molecular complexity index is 521. The normalized spacial score (nSPS) is 12.5. The fourth-order valence-corrected chi connectivity index (χ4v) is 5.11. The van der Waals surface area contributed by atoms with Crippen molar-refractivity contribution < 1.29 is 0 Å². The number of hydrogen-bond donors (Lipinski definition) is 0. The first-order valence-electron chi connectivity index (χ1n) is 5.75. The van der Waals surface area contributed by atoms with Gasteiger partial charge in [-0.25, -0.2) is 0 Å². The summed E-state index contributed by atoms with van der Waals surface area (Å²) in [6.45, 7) is 0. The summed E-state index contributed by atoms with van der Waals surface area (Å²) in [5.41, 5.74) is 2.47. The summed E-state index contributed by atoms with van der Waals surface area (Å²) in [5, 5.41) is 0. The Morgan fingerprint density at radius 2 is 1.05 bits per heavy atom. The van der Waals surface area contributed by atoms with E-state index in [9.17, 15) is 0 Å². The van der Waals surface area contributed by atoms with E-state index in [-0.39, 0.29) is 20.9 Å². The average Bonchev–Trinajstić information content (AvgIpc) is 2.49. The molecule has 0 fully saturated rings. The molecule has 2 rings (SSSR count). The van der Waals surface area contributed by atoms with Gasteiger partial charge in [-0.3, -0.25) is 0 Å². The van der Waals surface area contributed by atoms with E-state index in [4.69, 9.17) is 0 Å². The molecule has 0 saturated heterocycles. The molecule has 2 aromatic rings. The van der Waals surface area contributed by atoms with Crippen molar-refractivity contribution in [1.29, 1.82) is 0 Å². The van der Waals surface area contributed by atoms with Crippen molar-refractivity contribution in [1.82, 2.24) is 0 Å². The Balaban J connectivity index is 2.03. The van der Waals surface area contributed by atoms with Crippen molar-refractivity contribution in [3.63, 3.8) is 0 Å². The third kappa shape index (κ3) is 4.93. The van der Waals surface area contributed by atoms with Crippen LogP contribution < -0.4 is 0 Å². The second kappa shape index (κ2) is 8.07. The zero-order valence-corrected chi connectivity index (χ0v) is 15.6. The Kier molecular flexibility index (Phi) is 6.40. The molecule has 0 radical (unpaired) electrons. The molecule has 0 amide bonds. The minimum absolute atomic E-state index is 0.308. The molecule has 0 spiro atoms. The van der Waals surface area contributed by atoms with Crippen LogP contribution in [0.25, 0.3) is 8.96 Å². The fraction of sp³-hybridized carbons (Fsp3) is 0. The first-order valence-corrected chi connectivity index (χ1v) is 10.0. The van der Waals surface area contributed by atoms with Crippen LogP contribution in [0, 0.1) is 0 Å². The van der Waals surface area contributed by atoms with Gasteiger partial charge in [-0.2, -0.15) is 0 Å². The summed E-state index contributed by atoms with van der Waals surface area (Å²) in [6.07, 6.45) is 0. The molecule has 0 aromatic heterocycles. The van der Waals surface area contributed by atoms with Crippen molar-refractivity contribution in [2.75, 3.05) is 0 Å². The van der Waals surface area contributed by atoms with Gasteiger partial charge >= 0.3 is 142 Å². The third-order valence-corrected chi connectivity index (χ3v) is 7.82. The van der Waals surface area contributed by atoms with Crippen LogP contribution in [0.5, 0.6) is 0 Å². The Morgan fingerprint density at radius 3 is 1.42 bits per heavy atom. The first-order chi connectivity index (χ1) is 9.27. The third-order valence-electron chi connectivity index (χ3n) is 2.44. The molecule has 0 unspecified atom stereocenters. The molecule has 19 heavy (non-hydrogen) atoms. The van der Waals surface area contributed by atoms with Gasteiger partial charge in [-0.15, -0.1) is 0 Å². The van der Waals surface area contributed by atoms with Gasteiger partial charge in [-0.05, 0) is 0 Å². The van der Waals surface area contributed by atoms with Gasteiger partial charge in [0.1, 0.15) is 0 Å². The predicted octanol–water partition coefficient (Wildman–Crippen LogP) is 5.48. The standard InChI is InChI=1S/C16H12Br2Te/c17-15(13-7-3-1-4-8-13)11-19-12-16(18)14-9-5-2-6-10-14/h1-12H. The molecule has 96 valence electrons. The van der Waals surface area contributed by atoms with E-state index in [0.717, 1.165) is 0 Å². The molecule has 0 N–H and O–H groups in total. The molecule has 0 aliphatic rings.